The lowest BCUT2D eigenvalue weighted by Crippen LogP contribution is -2.27. The van der Waals surface area contributed by atoms with Crippen molar-refractivity contribution in [3.63, 3.8) is 0 Å². The van der Waals surface area contributed by atoms with Crippen molar-refractivity contribution in [1.29, 1.82) is 0 Å². The van der Waals surface area contributed by atoms with Gasteiger partial charge in [0.05, 0.1) is 18.2 Å². The highest BCUT2D eigenvalue weighted by atomic mass is 16.1. The fourth-order valence-corrected chi connectivity index (χ4v) is 2.17. The molecule has 0 aliphatic carbocycles. The van der Waals surface area contributed by atoms with Gasteiger partial charge < -0.3 is 5.32 Å². The average Bonchev–Trinajstić information content (AvgIpc) is 2.85. The molecule has 0 spiro atoms. The number of nitrogens with one attached hydrogen (secondary N) is 1. The molecule has 4 heteroatoms. The van der Waals surface area contributed by atoms with Crippen molar-refractivity contribution in [3.8, 4) is 0 Å². The maximum absolute atomic E-state index is 12.0. The largest absolute Gasteiger partial charge is 0.316 e. The van der Waals surface area contributed by atoms with Crippen LogP contribution in [0.4, 0.5) is 0 Å². The maximum atomic E-state index is 12.0. The van der Waals surface area contributed by atoms with E-state index in [0.29, 0.717) is 12.5 Å². The first-order chi connectivity index (χ1) is 9.12. The first-order valence-electron chi connectivity index (χ1n) is 7.39. The standard InChI is InChI=1S/C15H27N3O/c1-5-14(6-2)18-9-8-13(17-18)10-15(19)12(4)11-16-7-3/h8-9,12,14,16H,5-7,10-11H2,1-4H3. The van der Waals surface area contributed by atoms with Crippen LogP contribution in [0.15, 0.2) is 12.3 Å². The Morgan fingerprint density at radius 3 is 2.63 bits per heavy atom. The van der Waals surface area contributed by atoms with Crippen LogP contribution in [0.5, 0.6) is 0 Å². The van der Waals surface area contributed by atoms with Gasteiger partial charge >= 0.3 is 0 Å². The number of nitrogens with zero attached hydrogens (tertiary/aromatic N) is 2. The zero-order valence-corrected chi connectivity index (χ0v) is 12.6. The van der Waals surface area contributed by atoms with Crippen LogP contribution in [0.25, 0.3) is 0 Å². The second kappa shape index (κ2) is 8.10. The van der Waals surface area contributed by atoms with Crippen LogP contribution in [-0.4, -0.2) is 28.7 Å². The quantitative estimate of drug-likeness (QED) is 0.746. The number of rotatable bonds is 9. The molecule has 1 heterocycles. The monoisotopic (exact) mass is 265 g/mol. The summed E-state index contributed by atoms with van der Waals surface area (Å²) in [6.07, 6.45) is 4.58. The molecule has 108 valence electrons. The number of carbonyl (C=O) groups is 1. The van der Waals surface area contributed by atoms with Gasteiger partial charge in [-0.15, -0.1) is 0 Å². The van der Waals surface area contributed by atoms with Crippen LogP contribution >= 0.6 is 0 Å². The lowest BCUT2D eigenvalue weighted by atomic mass is 10.0. The van der Waals surface area contributed by atoms with E-state index in [1.54, 1.807) is 0 Å². The summed E-state index contributed by atoms with van der Waals surface area (Å²) in [5.41, 5.74) is 0.889. The zero-order valence-electron chi connectivity index (χ0n) is 12.6. The summed E-state index contributed by atoms with van der Waals surface area (Å²) in [5.74, 6) is 0.314. The molecule has 0 radical (unpaired) electrons. The minimum Gasteiger partial charge on any atom is -0.316 e. The summed E-state index contributed by atoms with van der Waals surface area (Å²) in [4.78, 5) is 12.0. The van der Waals surface area contributed by atoms with Crippen LogP contribution < -0.4 is 5.32 Å². The molecule has 1 unspecified atom stereocenters. The molecule has 0 amide bonds. The smallest absolute Gasteiger partial charge is 0.142 e. The molecular weight excluding hydrogens is 238 g/mol. The first kappa shape index (κ1) is 15.9. The fraction of sp³-hybridized carbons (Fsp3) is 0.733. The molecule has 0 fully saturated rings. The second-order valence-electron chi connectivity index (χ2n) is 5.11. The Kier molecular flexibility index (Phi) is 6.78. The molecule has 0 saturated heterocycles. The topological polar surface area (TPSA) is 46.9 Å². The van der Waals surface area contributed by atoms with Gasteiger partial charge in [-0.3, -0.25) is 9.48 Å². The van der Waals surface area contributed by atoms with E-state index < -0.39 is 0 Å². The zero-order chi connectivity index (χ0) is 14.3. The van der Waals surface area contributed by atoms with E-state index in [4.69, 9.17) is 0 Å². The molecular formula is C15H27N3O. The third kappa shape index (κ3) is 4.78. The van der Waals surface area contributed by atoms with Crippen LogP contribution in [0.1, 0.15) is 52.3 Å². The molecule has 1 atom stereocenters. The van der Waals surface area contributed by atoms with E-state index in [9.17, 15) is 4.79 Å². The Balaban J connectivity index is 2.55. The molecule has 0 aliphatic heterocycles. The molecule has 4 nitrogen and oxygen atoms in total. The third-order valence-corrected chi connectivity index (χ3v) is 3.59. The predicted octanol–water partition coefficient (Wildman–Crippen LogP) is 2.60. The van der Waals surface area contributed by atoms with Crippen molar-refractivity contribution in [3.05, 3.63) is 18.0 Å². The first-order valence-corrected chi connectivity index (χ1v) is 7.39. The molecule has 1 rings (SSSR count). The number of carbonyl (C=O) groups excluding carboxylic acids is 1. The highest BCUT2D eigenvalue weighted by molar-refractivity contribution is 5.82. The van der Waals surface area contributed by atoms with Gasteiger partial charge in [0.25, 0.3) is 0 Å². The van der Waals surface area contributed by atoms with Crippen molar-refractivity contribution in [1.82, 2.24) is 15.1 Å². The third-order valence-electron chi connectivity index (χ3n) is 3.59. The number of hydrogen-bond acceptors (Lipinski definition) is 3. The summed E-state index contributed by atoms with van der Waals surface area (Å²) >= 11 is 0. The maximum Gasteiger partial charge on any atom is 0.142 e. The second-order valence-corrected chi connectivity index (χ2v) is 5.11. The van der Waals surface area contributed by atoms with Gasteiger partial charge in [-0.2, -0.15) is 5.10 Å². The lowest BCUT2D eigenvalue weighted by molar-refractivity contribution is -0.121. The van der Waals surface area contributed by atoms with Crippen molar-refractivity contribution in [2.45, 2.75) is 53.0 Å². The summed E-state index contributed by atoms with van der Waals surface area (Å²) in [6.45, 7) is 10.0. The highest BCUT2D eigenvalue weighted by Gasteiger charge is 2.15. The van der Waals surface area contributed by atoms with Crippen LogP contribution in [0, 0.1) is 5.92 Å². The highest BCUT2D eigenvalue weighted by Crippen LogP contribution is 2.15. The van der Waals surface area contributed by atoms with Crippen LogP contribution in [-0.2, 0) is 11.2 Å². The SMILES string of the molecule is CCNCC(C)C(=O)Cc1ccn(C(CC)CC)n1. The van der Waals surface area contributed by atoms with Gasteiger partial charge in [0, 0.05) is 18.7 Å². The van der Waals surface area contributed by atoms with Gasteiger partial charge in [-0.25, -0.2) is 0 Å². The molecule has 1 N–H and O–H groups in total. The Labute approximate surface area is 116 Å². The molecule has 0 aromatic carbocycles. The van der Waals surface area contributed by atoms with E-state index in [1.807, 2.05) is 23.9 Å². The van der Waals surface area contributed by atoms with Crippen LogP contribution in [0.3, 0.4) is 0 Å². The van der Waals surface area contributed by atoms with E-state index in [0.717, 1.165) is 31.6 Å². The average molecular weight is 265 g/mol. The van der Waals surface area contributed by atoms with Crippen molar-refractivity contribution in [2.24, 2.45) is 5.92 Å². The van der Waals surface area contributed by atoms with Gasteiger partial charge in [0.2, 0.25) is 0 Å². The summed E-state index contributed by atoms with van der Waals surface area (Å²) in [7, 11) is 0. The summed E-state index contributed by atoms with van der Waals surface area (Å²) in [6, 6.07) is 2.42. The molecule has 1 aromatic rings. The van der Waals surface area contributed by atoms with E-state index >= 15 is 0 Å². The van der Waals surface area contributed by atoms with Crippen molar-refractivity contribution < 1.29 is 4.79 Å². The summed E-state index contributed by atoms with van der Waals surface area (Å²) < 4.78 is 2.00. The lowest BCUT2D eigenvalue weighted by Gasteiger charge is -2.12. The van der Waals surface area contributed by atoms with E-state index in [2.05, 4.69) is 31.2 Å². The van der Waals surface area contributed by atoms with Gasteiger partial charge in [-0.05, 0) is 25.5 Å². The molecule has 1 aromatic heterocycles. The van der Waals surface area contributed by atoms with Crippen molar-refractivity contribution >= 4 is 5.78 Å². The molecule has 0 aliphatic rings. The molecule has 0 bridgehead atoms. The number of ketones is 1. The Morgan fingerprint density at radius 1 is 1.37 bits per heavy atom. The van der Waals surface area contributed by atoms with E-state index in [-0.39, 0.29) is 11.7 Å². The Morgan fingerprint density at radius 2 is 2.05 bits per heavy atom. The number of hydrogen-bond donors (Lipinski definition) is 1. The molecule has 19 heavy (non-hydrogen) atoms. The normalized spacial score (nSPS) is 12.9. The Bertz CT molecular complexity index is 382. The van der Waals surface area contributed by atoms with Crippen LogP contribution in [0.2, 0.25) is 0 Å². The molecule has 0 saturated carbocycles. The minimum atomic E-state index is 0.0539. The number of Topliss-reactive ketones (excluding diaryl/α,β-unsaturated/α-hetero) is 1. The summed E-state index contributed by atoms with van der Waals surface area (Å²) in [5, 5.41) is 7.74. The van der Waals surface area contributed by atoms with Gasteiger partial charge in [0.15, 0.2) is 0 Å². The Hall–Kier alpha value is -1.16. The fourth-order valence-electron chi connectivity index (χ4n) is 2.17. The van der Waals surface area contributed by atoms with Gasteiger partial charge in [0.1, 0.15) is 5.78 Å². The van der Waals surface area contributed by atoms with E-state index in [1.165, 1.54) is 0 Å². The van der Waals surface area contributed by atoms with Crippen molar-refractivity contribution in [2.75, 3.05) is 13.1 Å². The minimum absolute atomic E-state index is 0.0539. The van der Waals surface area contributed by atoms with Gasteiger partial charge in [-0.1, -0.05) is 27.7 Å². The number of aromatic nitrogens is 2. The predicted molar refractivity (Wildman–Crippen MR) is 78.3 cm³/mol.